The summed E-state index contributed by atoms with van der Waals surface area (Å²) in [6.45, 7) is 5.79. The van der Waals surface area contributed by atoms with E-state index in [4.69, 9.17) is 16.3 Å². The van der Waals surface area contributed by atoms with Crippen molar-refractivity contribution in [2.75, 3.05) is 19.7 Å². The van der Waals surface area contributed by atoms with Crippen LogP contribution >= 0.6 is 11.6 Å². The quantitative estimate of drug-likeness (QED) is 0.852. The first-order chi connectivity index (χ1) is 11.6. The van der Waals surface area contributed by atoms with Crippen LogP contribution in [0.3, 0.4) is 0 Å². The van der Waals surface area contributed by atoms with Gasteiger partial charge >= 0.3 is 0 Å². The number of amides is 1. The molecule has 6 nitrogen and oxygen atoms in total. The molecule has 0 aliphatic carbocycles. The molecule has 0 N–H and O–H groups in total. The molecule has 2 aromatic rings. The predicted molar refractivity (Wildman–Crippen MR) is 91.7 cm³/mol. The molecule has 1 unspecified atom stereocenters. The number of carbonyl (C=O) groups excluding carboxylic acids is 1. The van der Waals surface area contributed by atoms with Gasteiger partial charge in [-0.1, -0.05) is 28.9 Å². The molecule has 1 atom stereocenters. The fourth-order valence-electron chi connectivity index (χ4n) is 3.02. The van der Waals surface area contributed by atoms with Gasteiger partial charge < -0.3 is 9.64 Å². The van der Waals surface area contributed by atoms with E-state index in [1.54, 1.807) is 15.6 Å². The minimum Gasteiger partial charge on any atom is -0.377 e. The molecule has 1 aromatic carbocycles. The highest BCUT2D eigenvalue weighted by Crippen LogP contribution is 2.22. The Bertz CT molecular complexity index is 729. The summed E-state index contributed by atoms with van der Waals surface area (Å²) in [5.74, 6) is -0.102. The third-order valence-corrected chi connectivity index (χ3v) is 4.57. The van der Waals surface area contributed by atoms with Gasteiger partial charge in [0.05, 0.1) is 22.5 Å². The van der Waals surface area contributed by atoms with Gasteiger partial charge in [0.2, 0.25) is 0 Å². The zero-order valence-electron chi connectivity index (χ0n) is 13.9. The van der Waals surface area contributed by atoms with Gasteiger partial charge in [-0.3, -0.25) is 4.79 Å². The number of halogens is 1. The first kappa shape index (κ1) is 16.9. The van der Waals surface area contributed by atoms with Gasteiger partial charge in [0.1, 0.15) is 0 Å². The fourth-order valence-corrected chi connectivity index (χ4v) is 3.24. The summed E-state index contributed by atoms with van der Waals surface area (Å²) in [5.41, 5.74) is 1.77. The molecule has 1 amide bonds. The molecule has 1 aromatic heterocycles. The summed E-state index contributed by atoms with van der Waals surface area (Å²) < 4.78 is 7.28. The van der Waals surface area contributed by atoms with Gasteiger partial charge in [0.15, 0.2) is 5.69 Å². The van der Waals surface area contributed by atoms with Crippen LogP contribution in [0.25, 0.3) is 5.69 Å². The Labute approximate surface area is 146 Å². The highest BCUT2D eigenvalue weighted by atomic mass is 35.5. The maximum Gasteiger partial charge on any atom is 0.276 e. The molecule has 0 radical (unpaired) electrons. The summed E-state index contributed by atoms with van der Waals surface area (Å²) >= 11 is 6.22. The van der Waals surface area contributed by atoms with Gasteiger partial charge in [0.25, 0.3) is 5.91 Å². The predicted octanol–water partition coefficient (Wildman–Crippen LogP) is 2.87. The van der Waals surface area contributed by atoms with Gasteiger partial charge in [-0.15, -0.1) is 5.10 Å². The second-order valence-electron chi connectivity index (χ2n) is 5.86. The fraction of sp³-hybridized carbons (Fsp3) is 0.471. The molecule has 2 heterocycles. The van der Waals surface area contributed by atoms with Crippen molar-refractivity contribution in [1.82, 2.24) is 19.9 Å². The van der Waals surface area contributed by atoms with Crippen molar-refractivity contribution in [2.24, 2.45) is 0 Å². The van der Waals surface area contributed by atoms with Crippen LogP contribution in [0, 0.1) is 6.92 Å². The van der Waals surface area contributed by atoms with E-state index in [2.05, 4.69) is 10.3 Å². The average molecular weight is 349 g/mol. The van der Waals surface area contributed by atoms with Crippen molar-refractivity contribution in [3.63, 3.8) is 0 Å². The van der Waals surface area contributed by atoms with Crippen molar-refractivity contribution in [1.29, 1.82) is 0 Å². The van der Waals surface area contributed by atoms with E-state index in [-0.39, 0.29) is 12.0 Å². The molecular formula is C17H21ClN4O2. The number of piperidine rings is 1. The number of aromatic nitrogens is 3. The highest BCUT2D eigenvalue weighted by Gasteiger charge is 2.28. The van der Waals surface area contributed by atoms with Crippen LogP contribution in [0.1, 0.15) is 35.9 Å². The lowest BCUT2D eigenvalue weighted by Crippen LogP contribution is -2.43. The second-order valence-corrected chi connectivity index (χ2v) is 6.26. The first-order valence-corrected chi connectivity index (χ1v) is 8.57. The smallest absolute Gasteiger partial charge is 0.276 e. The number of likely N-dealkylation sites (tertiary alicyclic amines) is 1. The largest absolute Gasteiger partial charge is 0.377 e. The van der Waals surface area contributed by atoms with E-state index < -0.39 is 0 Å². The summed E-state index contributed by atoms with van der Waals surface area (Å²) in [6.07, 6.45) is 2.03. The van der Waals surface area contributed by atoms with E-state index in [9.17, 15) is 4.79 Å². The summed E-state index contributed by atoms with van der Waals surface area (Å²) in [7, 11) is 0. The molecule has 1 fully saturated rings. The Morgan fingerprint density at radius 1 is 1.42 bits per heavy atom. The Morgan fingerprint density at radius 2 is 2.21 bits per heavy atom. The van der Waals surface area contributed by atoms with E-state index >= 15 is 0 Å². The van der Waals surface area contributed by atoms with E-state index in [1.807, 2.05) is 32.0 Å². The maximum absolute atomic E-state index is 12.8. The van der Waals surface area contributed by atoms with Crippen LogP contribution in [0.4, 0.5) is 0 Å². The maximum atomic E-state index is 12.8. The Balaban J connectivity index is 1.83. The van der Waals surface area contributed by atoms with Gasteiger partial charge in [-0.05, 0) is 38.8 Å². The van der Waals surface area contributed by atoms with Gasteiger partial charge in [-0.25, -0.2) is 4.68 Å². The SMILES string of the molecule is CCOC1CCCN(C(=O)c2nnn(-c3ccccc3Cl)c2C)C1. The van der Waals surface area contributed by atoms with E-state index in [1.165, 1.54) is 0 Å². The lowest BCUT2D eigenvalue weighted by molar-refractivity contribution is 0.00700. The van der Waals surface area contributed by atoms with Crippen molar-refractivity contribution in [3.8, 4) is 5.69 Å². The molecule has 1 aliphatic rings. The number of rotatable bonds is 4. The summed E-state index contributed by atoms with van der Waals surface area (Å²) in [5, 5.41) is 8.79. The number of nitrogens with zero attached hydrogens (tertiary/aromatic N) is 4. The number of para-hydroxylation sites is 1. The molecule has 3 rings (SSSR count). The van der Waals surface area contributed by atoms with Crippen LogP contribution in [-0.2, 0) is 4.74 Å². The second kappa shape index (κ2) is 7.32. The van der Waals surface area contributed by atoms with Crippen LogP contribution < -0.4 is 0 Å². The lowest BCUT2D eigenvalue weighted by atomic mass is 10.1. The first-order valence-electron chi connectivity index (χ1n) is 8.20. The van der Waals surface area contributed by atoms with Crippen molar-refractivity contribution >= 4 is 17.5 Å². The molecular weight excluding hydrogens is 328 g/mol. The van der Waals surface area contributed by atoms with Crippen LogP contribution in [0.2, 0.25) is 5.02 Å². The molecule has 0 spiro atoms. The Morgan fingerprint density at radius 3 is 2.96 bits per heavy atom. The number of hydrogen-bond donors (Lipinski definition) is 0. The Hall–Kier alpha value is -1.92. The summed E-state index contributed by atoms with van der Waals surface area (Å²) in [4.78, 5) is 14.6. The van der Waals surface area contributed by atoms with Crippen LogP contribution in [0.5, 0.6) is 0 Å². The van der Waals surface area contributed by atoms with Crippen LogP contribution in [-0.4, -0.2) is 51.6 Å². The Kier molecular flexibility index (Phi) is 5.16. The lowest BCUT2D eigenvalue weighted by Gasteiger charge is -2.32. The van der Waals surface area contributed by atoms with E-state index in [0.29, 0.717) is 35.2 Å². The normalized spacial score (nSPS) is 18.0. The van der Waals surface area contributed by atoms with Crippen molar-refractivity contribution < 1.29 is 9.53 Å². The topological polar surface area (TPSA) is 60.2 Å². The number of hydrogen-bond acceptors (Lipinski definition) is 4. The van der Waals surface area contributed by atoms with Crippen molar-refractivity contribution in [3.05, 3.63) is 40.7 Å². The summed E-state index contributed by atoms with van der Waals surface area (Å²) in [6, 6.07) is 7.37. The molecule has 1 aliphatic heterocycles. The van der Waals surface area contributed by atoms with Gasteiger partial charge in [-0.2, -0.15) is 0 Å². The zero-order chi connectivity index (χ0) is 17.1. The zero-order valence-corrected chi connectivity index (χ0v) is 14.7. The number of carbonyl (C=O) groups is 1. The average Bonchev–Trinajstić information content (AvgIpc) is 2.97. The minimum atomic E-state index is -0.102. The van der Waals surface area contributed by atoms with Crippen molar-refractivity contribution in [2.45, 2.75) is 32.8 Å². The molecule has 1 saturated heterocycles. The number of benzene rings is 1. The van der Waals surface area contributed by atoms with E-state index in [0.717, 1.165) is 19.4 Å². The molecule has 7 heteroatoms. The third kappa shape index (κ3) is 3.30. The monoisotopic (exact) mass is 348 g/mol. The third-order valence-electron chi connectivity index (χ3n) is 4.25. The minimum absolute atomic E-state index is 0.102. The standard InChI is InChI=1S/C17H21ClN4O2/c1-3-24-13-7-6-10-21(11-13)17(23)16-12(2)22(20-19-16)15-9-5-4-8-14(15)18/h4-5,8-9,13H,3,6-7,10-11H2,1-2H3. The molecule has 24 heavy (non-hydrogen) atoms. The number of ether oxygens (including phenoxy) is 1. The molecule has 0 bridgehead atoms. The molecule has 128 valence electrons. The van der Waals surface area contributed by atoms with Gasteiger partial charge in [0, 0.05) is 19.7 Å². The molecule has 0 saturated carbocycles. The highest BCUT2D eigenvalue weighted by molar-refractivity contribution is 6.32. The van der Waals surface area contributed by atoms with Crippen LogP contribution in [0.15, 0.2) is 24.3 Å².